The van der Waals surface area contributed by atoms with Crippen LogP contribution in [0, 0.1) is 18.7 Å². The number of hydrogen-bond acceptors (Lipinski definition) is 5. The Balaban J connectivity index is 1.32. The first-order chi connectivity index (χ1) is 18.7. The van der Waals surface area contributed by atoms with E-state index in [0.29, 0.717) is 26.7 Å². The van der Waals surface area contributed by atoms with E-state index >= 15 is 4.39 Å². The molecule has 3 atom stereocenters. The van der Waals surface area contributed by atoms with Crippen molar-refractivity contribution in [3.63, 3.8) is 0 Å². The Morgan fingerprint density at radius 3 is 2.74 bits per heavy atom. The molecule has 9 nitrogen and oxygen atoms in total. The highest BCUT2D eigenvalue weighted by molar-refractivity contribution is 14.1. The number of rotatable bonds is 6. The van der Waals surface area contributed by atoms with Crippen molar-refractivity contribution in [1.29, 1.82) is 0 Å². The Labute approximate surface area is 251 Å². The van der Waals surface area contributed by atoms with Crippen molar-refractivity contribution in [2.45, 2.75) is 52.7 Å². The Morgan fingerprint density at radius 2 is 2.05 bits per heavy atom. The Kier molecular flexibility index (Phi) is 5.97. The summed E-state index contributed by atoms with van der Waals surface area (Å²) in [4.78, 5) is 18.0. The summed E-state index contributed by atoms with van der Waals surface area (Å²) in [5.41, 5.74) is 9.78. The molecule has 2 aliphatic carbocycles. The molecule has 7 rings (SSSR count). The van der Waals surface area contributed by atoms with Gasteiger partial charge in [-0.05, 0) is 62.8 Å². The Hall–Kier alpha value is -2.33. The van der Waals surface area contributed by atoms with E-state index in [1.165, 1.54) is 18.9 Å². The zero-order valence-corrected chi connectivity index (χ0v) is 25.8. The summed E-state index contributed by atoms with van der Waals surface area (Å²) in [6, 6.07) is 7.11. The lowest BCUT2D eigenvalue weighted by atomic mass is 9.77. The number of nitrogens with zero attached hydrogens (tertiary/aromatic N) is 6. The number of pyridine rings is 1. The van der Waals surface area contributed by atoms with Gasteiger partial charge in [0.25, 0.3) is 5.91 Å². The maximum absolute atomic E-state index is 15.5. The smallest absolute Gasteiger partial charge is 0.252 e. The van der Waals surface area contributed by atoms with E-state index in [9.17, 15) is 4.79 Å². The normalized spacial score (nSPS) is 22.1. The maximum Gasteiger partial charge on any atom is 0.252 e. The molecule has 4 heterocycles. The molecule has 3 N–H and O–H groups in total. The number of carbonyl (C=O) groups is 1. The SMILES string of the molecule is Cc1nnc2c3c(ccn12)cc(-c1nc2cc(C(=O)N[C@H](I)[C@]4(N)CC[C@H]4I)cc(F)c2n1C)n3CC1CC1. The fourth-order valence-electron chi connectivity index (χ4n) is 5.61. The van der Waals surface area contributed by atoms with Crippen LogP contribution >= 0.6 is 45.2 Å². The van der Waals surface area contributed by atoms with Gasteiger partial charge in [0.2, 0.25) is 0 Å². The fourth-order valence-corrected chi connectivity index (χ4v) is 8.31. The second kappa shape index (κ2) is 9.09. The molecule has 2 fully saturated rings. The quantitative estimate of drug-likeness (QED) is 0.146. The van der Waals surface area contributed by atoms with Crippen molar-refractivity contribution in [3.8, 4) is 11.5 Å². The summed E-state index contributed by atoms with van der Waals surface area (Å²) >= 11 is 4.52. The van der Waals surface area contributed by atoms with Crippen LogP contribution in [0.25, 0.3) is 39.1 Å². The number of aromatic nitrogens is 6. The molecule has 0 aliphatic heterocycles. The lowest BCUT2D eigenvalue weighted by Gasteiger charge is -2.47. The minimum atomic E-state index is -0.484. The van der Waals surface area contributed by atoms with Crippen molar-refractivity contribution < 1.29 is 9.18 Å². The average molecular weight is 752 g/mol. The molecule has 0 unspecified atom stereocenters. The van der Waals surface area contributed by atoms with Crippen molar-refractivity contribution in [3.05, 3.63) is 47.7 Å². The second-order valence-electron chi connectivity index (χ2n) is 10.9. The minimum Gasteiger partial charge on any atom is -0.338 e. The van der Waals surface area contributed by atoms with E-state index in [1.54, 1.807) is 10.6 Å². The summed E-state index contributed by atoms with van der Waals surface area (Å²) in [7, 11) is 1.82. The van der Waals surface area contributed by atoms with Crippen molar-refractivity contribution in [1.82, 2.24) is 34.0 Å². The Bertz CT molecular complexity index is 1800. The maximum atomic E-state index is 15.5. The van der Waals surface area contributed by atoms with Gasteiger partial charge in [-0.15, -0.1) is 10.2 Å². The van der Waals surface area contributed by atoms with Crippen LogP contribution in [0.1, 0.15) is 41.9 Å². The van der Waals surface area contributed by atoms with Crippen molar-refractivity contribution in [2.75, 3.05) is 0 Å². The van der Waals surface area contributed by atoms with Crippen molar-refractivity contribution in [2.24, 2.45) is 18.7 Å². The van der Waals surface area contributed by atoms with Crippen LogP contribution in [0.2, 0.25) is 0 Å². The minimum absolute atomic E-state index is 0.235. The predicted molar refractivity (Wildman–Crippen MR) is 165 cm³/mol. The summed E-state index contributed by atoms with van der Waals surface area (Å²) in [6.45, 7) is 2.77. The molecule has 12 heteroatoms. The fraction of sp³-hybridized carbons (Fsp3) is 0.407. The topological polar surface area (TPSA) is 108 Å². The molecule has 2 saturated carbocycles. The highest BCUT2D eigenvalue weighted by Crippen LogP contribution is 2.41. The Morgan fingerprint density at radius 1 is 1.26 bits per heavy atom. The number of alkyl halides is 2. The van der Waals surface area contributed by atoms with Gasteiger partial charge < -0.3 is 20.2 Å². The number of hydrogen-bond donors (Lipinski definition) is 2. The molecule has 1 amide bonds. The van der Waals surface area contributed by atoms with Crippen LogP contribution in [0.15, 0.2) is 30.5 Å². The molecule has 5 aromatic rings. The molecular formula is C27H27FI2N8O. The van der Waals surface area contributed by atoms with Gasteiger partial charge in [-0.1, -0.05) is 45.2 Å². The summed E-state index contributed by atoms with van der Waals surface area (Å²) in [5, 5.41) is 12.8. The molecular weight excluding hydrogens is 725 g/mol. The number of nitrogens with two attached hydrogens (primary N) is 1. The molecule has 202 valence electrons. The van der Waals surface area contributed by atoms with Crippen LogP contribution in [0.4, 0.5) is 4.39 Å². The predicted octanol–water partition coefficient (Wildman–Crippen LogP) is 4.88. The zero-order valence-electron chi connectivity index (χ0n) is 21.5. The third-order valence-corrected chi connectivity index (χ3v) is 11.6. The largest absolute Gasteiger partial charge is 0.338 e. The van der Waals surface area contributed by atoms with Gasteiger partial charge in [-0.3, -0.25) is 9.20 Å². The molecule has 39 heavy (non-hydrogen) atoms. The first-order valence-electron chi connectivity index (χ1n) is 13.0. The lowest BCUT2D eigenvalue weighted by molar-refractivity contribution is 0.0928. The van der Waals surface area contributed by atoms with E-state index in [-0.39, 0.29) is 15.5 Å². The summed E-state index contributed by atoms with van der Waals surface area (Å²) < 4.78 is 21.6. The van der Waals surface area contributed by atoms with Crippen LogP contribution < -0.4 is 11.1 Å². The van der Waals surface area contributed by atoms with Gasteiger partial charge in [-0.2, -0.15) is 0 Å². The second-order valence-corrected chi connectivity index (χ2v) is 13.7. The summed E-state index contributed by atoms with van der Waals surface area (Å²) in [5.74, 6) is 1.22. The number of benzene rings is 1. The van der Waals surface area contributed by atoms with Gasteiger partial charge in [0.1, 0.15) is 17.2 Å². The van der Waals surface area contributed by atoms with E-state index in [0.717, 1.165) is 47.5 Å². The number of nitrogens with one attached hydrogen (secondary N) is 1. The van der Waals surface area contributed by atoms with E-state index in [2.05, 4.69) is 77.4 Å². The van der Waals surface area contributed by atoms with Crippen molar-refractivity contribution >= 4 is 78.7 Å². The van der Waals surface area contributed by atoms with Crippen LogP contribution in [-0.2, 0) is 13.6 Å². The molecule has 2 aliphatic rings. The van der Waals surface area contributed by atoms with Crippen LogP contribution in [0.3, 0.4) is 0 Å². The number of aryl methyl sites for hydroxylation is 2. The summed E-state index contributed by atoms with van der Waals surface area (Å²) in [6.07, 6.45) is 6.23. The van der Waals surface area contributed by atoms with Gasteiger partial charge in [-0.25, -0.2) is 9.37 Å². The lowest BCUT2D eigenvalue weighted by Crippen LogP contribution is -2.66. The molecule has 0 spiro atoms. The van der Waals surface area contributed by atoms with E-state index in [4.69, 9.17) is 10.7 Å². The molecule has 0 radical (unpaired) electrons. The third kappa shape index (κ3) is 3.99. The monoisotopic (exact) mass is 752 g/mol. The van der Waals surface area contributed by atoms with Gasteiger partial charge in [0.05, 0.1) is 26.3 Å². The number of halogens is 3. The van der Waals surface area contributed by atoms with Gasteiger partial charge >= 0.3 is 0 Å². The van der Waals surface area contributed by atoms with E-state index in [1.807, 2.05) is 24.6 Å². The van der Waals surface area contributed by atoms with Gasteiger partial charge in [0.15, 0.2) is 11.5 Å². The van der Waals surface area contributed by atoms with Crippen LogP contribution in [-0.4, -0.2) is 48.1 Å². The standard InChI is InChI=1S/C27H27FI2N8O/c1-13-34-35-24-21-15(6-8-37(13)24)11-19(38(21)12-14-3-4-14)23-32-18-10-16(9-17(28)22(18)36(23)2)25(39)33-26(30)27(31)7-5-20(27)29/h6,8-11,14,20,26H,3-5,7,12,31H2,1-2H3,(H,33,39)/t20-,26+,27+/m1/s1. The molecule has 0 bridgehead atoms. The highest BCUT2D eigenvalue weighted by atomic mass is 127. The van der Waals surface area contributed by atoms with Gasteiger partial charge in [0, 0.05) is 34.7 Å². The zero-order chi connectivity index (χ0) is 27.2. The number of fused-ring (bicyclic) bond motifs is 4. The number of amides is 1. The third-order valence-electron chi connectivity index (χ3n) is 8.30. The molecule has 1 aromatic carbocycles. The van der Waals surface area contributed by atoms with Crippen LogP contribution in [0.5, 0.6) is 0 Å². The van der Waals surface area contributed by atoms with E-state index < -0.39 is 11.4 Å². The molecule has 4 aromatic heterocycles. The molecule has 0 saturated heterocycles. The number of carbonyl (C=O) groups excluding carboxylic acids is 1. The first kappa shape index (κ1) is 25.6. The average Bonchev–Trinajstić information content (AvgIpc) is 3.42. The first-order valence-corrected chi connectivity index (χ1v) is 15.5. The number of imidazole rings is 1. The highest BCUT2D eigenvalue weighted by Gasteiger charge is 2.47.